The van der Waals surface area contributed by atoms with Crippen LogP contribution in [0, 0.1) is 0 Å². The van der Waals surface area contributed by atoms with Crippen molar-refractivity contribution < 1.29 is 4.79 Å². The van der Waals surface area contributed by atoms with E-state index in [0.29, 0.717) is 11.6 Å². The molecule has 3 heterocycles. The molecule has 0 radical (unpaired) electrons. The second-order valence-corrected chi connectivity index (χ2v) is 8.62. The van der Waals surface area contributed by atoms with Gasteiger partial charge in [-0.1, -0.05) is 35.6 Å². The monoisotopic (exact) mass is 400 g/mol. The van der Waals surface area contributed by atoms with Crippen molar-refractivity contribution in [2.24, 2.45) is 0 Å². The normalized spacial score (nSPS) is 13.7. The standard InChI is InChI=1S/C23H20N4OS/c1-27-12-17-5-2-14(6-19(17)13-27)21(28)9-20-8-18-7-15(3-4-16(18)10-25-20)22-11-26-23(24)29-22/h2-8,10-11H,9,12-13H2,1H3,(H2,24,26). The average Bonchev–Trinajstić information content (AvgIpc) is 3.31. The average molecular weight is 401 g/mol. The Hall–Kier alpha value is -3.09. The molecule has 0 bridgehead atoms. The molecule has 5 nitrogen and oxygen atoms in total. The van der Waals surface area contributed by atoms with E-state index in [1.165, 1.54) is 22.5 Å². The number of ketones is 1. The zero-order valence-electron chi connectivity index (χ0n) is 16.1. The first-order valence-corrected chi connectivity index (χ1v) is 10.3. The first kappa shape index (κ1) is 18.0. The SMILES string of the molecule is CN1Cc2ccc(C(=O)Cc3cc4cc(-c5cnc(N)s5)ccc4cn3)cc2C1. The molecule has 1 aliphatic rings. The Balaban J connectivity index is 1.41. The number of carbonyl (C=O) groups excluding carboxylic acids is 1. The molecule has 0 unspecified atom stereocenters. The number of nitrogen functional groups attached to an aromatic ring is 1. The Kier molecular flexibility index (Phi) is 4.38. The maximum atomic E-state index is 12.8. The van der Waals surface area contributed by atoms with Crippen LogP contribution in [0.5, 0.6) is 0 Å². The number of hydrogen-bond acceptors (Lipinski definition) is 6. The molecule has 2 N–H and O–H groups in total. The van der Waals surface area contributed by atoms with Gasteiger partial charge in [0.2, 0.25) is 0 Å². The lowest BCUT2D eigenvalue weighted by Crippen LogP contribution is -2.07. The smallest absolute Gasteiger partial charge is 0.180 e. The van der Waals surface area contributed by atoms with Crippen molar-refractivity contribution in [3.8, 4) is 10.4 Å². The van der Waals surface area contributed by atoms with Crippen LogP contribution in [-0.2, 0) is 19.5 Å². The van der Waals surface area contributed by atoms with E-state index in [2.05, 4.69) is 34.0 Å². The van der Waals surface area contributed by atoms with E-state index in [1.54, 1.807) is 6.20 Å². The third-order valence-electron chi connectivity index (χ3n) is 5.34. The third-order valence-corrected chi connectivity index (χ3v) is 6.21. The Morgan fingerprint density at radius 2 is 1.90 bits per heavy atom. The van der Waals surface area contributed by atoms with Crippen molar-refractivity contribution in [2.75, 3.05) is 12.8 Å². The van der Waals surface area contributed by atoms with Crippen molar-refractivity contribution in [3.63, 3.8) is 0 Å². The molecule has 0 saturated heterocycles. The molecule has 5 rings (SSSR count). The Morgan fingerprint density at radius 3 is 2.72 bits per heavy atom. The fourth-order valence-electron chi connectivity index (χ4n) is 3.86. The number of rotatable bonds is 4. The molecule has 2 aromatic heterocycles. The molecular formula is C23H20N4OS. The van der Waals surface area contributed by atoms with Gasteiger partial charge < -0.3 is 5.73 Å². The summed E-state index contributed by atoms with van der Waals surface area (Å²) in [5.74, 6) is 0.0978. The summed E-state index contributed by atoms with van der Waals surface area (Å²) in [4.78, 5) is 24.8. The molecule has 0 spiro atoms. The lowest BCUT2D eigenvalue weighted by atomic mass is 10.00. The summed E-state index contributed by atoms with van der Waals surface area (Å²) in [6.45, 7) is 1.85. The highest BCUT2D eigenvalue weighted by molar-refractivity contribution is 7.18. The Morgan fingerprint density at radius 1 is 1.03 bits per heavy atom. The van der Waals surface area contributed by atoms with Gasteiger partial charge in [-0.2, -0.15) is 0 Å². The second kappa shape index (κ2) is 7.06. The number of thiazole rings is 1. The Bertz CT molecular complexity index is 1250. The van der Waals surface area contributed by atoms with Crippen molar-refractivity contribution in [1.82, 2.24) is 14.9 Å². The summed E-state index contributed by atoms with van der Waals surface area (Å²) in [6, 6.07) is 14.2. The molecular weight excluding hydrogens is 380 g/mol. The largest absolute Gasteiger partial charge is 0.375 e. The zero-order valence-corrected chi connectivity index (χ0v) is 16.9. The maximum Gasteiger partial charge on any atom is 0.180 e. The van der Waals surface area contributed by atoms with Crippen LogP contribution in [0.3, 0.4) is 0 Å². The fourth-order valence-corrected chi connectivity index (χ4v) is 4.54. The topological polar surface area (TPSA) is 72.1 Å². The number of aromatic nitrogens is 2. The van der Waals surface area contributed by atoms with Gasteiger partial charge in [-0.25, -0.2) is 4.98 Å². The summed E-state index contributed by atoms with van der Waals surface area (Å²) in [5.41, 5.74) is 10.9. The highest BCUT2D eigenvalue weighted by Crippen LogP contribution is 2.30. The van der Waals surface area contributed by atoms with Gasteiger partial charge in [-0.05, 0) is 47.3 Å². The fraction of sp³-hybridized carbons (Fsp3) is 0.174. The van der Waals surface area contributed by atoms with Gasteiger partial charge in [0.15, 0.2) is 10.9 Å². The minimum atomic E-state index is 0.0978. The van der Waals surface area contributed by atoms with Crippen LogP contribution in [0.15, 0.2) is 54.9 Å². The van der Waals surface area contributed by atoms with Crippen LogP contribution >= 0.6 is 11.3 Å². The van der Waals surface area contributed by atoms with Crippen LogP contribution < -0.4 is 5.73 Å². The van der Waals surface area contributed by atoms with E-state index in [0.717, 1.165) is 45.6 Å². The van der Waals surface area contributed by atoms with Crippen LogP contribution in [0.2, 0.25) is 0 Å². The van der Waals surface area contributed by atoms with E-state index in [4.69, 9.17) is 5.73 Å². The van der Waals surface area contributed by atoms with Gasteiger partial charge in [-0.3, -0.25) is 14.7 Å². The number of nitrogens with two attached hydrogens (primary N) is 1. The van der Waals surface area contributed by atoms with E-state index in [-0.39, 0.29) is 5.78 Å². The quantitative estimate of drug-likeness (QED) is 0.517. The summed E-state index contributed by atoms with van der Waals surface area (Å²) in [5, 5.41) is 2.66. The first-order chi connectivity index (χ1) is 14.0. The lowest BCUT2D eigenvalue weighted by Gasteiger charge is -2.06. The minimum absolute atomic E-state index is 0.0978. The van der Waals surface area contributed by atoms with Crippen LogP contribution in [-0.4, -0.2) is 27.7 Å². The number of Topliss-reactive ketones (excluding diaryl/α,β-unsaturated/α-hetero) is 1. The number of hydrogen-bond donors (Lipinski definition) is 1. The summed E-state index contributed by atoms with van der Waals surface area (Å²) >= 11 is 1.46. The van der Waals surface area contributed by atoms with Gasteiger partial charge in [0.05, 0.1) is 11.3 Å². The van der Waals surface area contributed by atoms with Crippen LogP contribution in [0.1, 0.15) is 27.2 Å². The minimum Gasteiger partial charge on any atom is -0.375 e. The molecule has 6 heteroatoms. The van der Waals surface area contributed by atoms with Crippen molar-refractivity contribution in [3.05, 3.63) is 77.2 Å². The highest BCUT2D eigenvalue weighted by atomic mass is 32.1. The molecule has 144 valence electrons. The van der Waals surface area contributed by atoms with Gasteiger partial charge in [-0.15, -0.1) is 0 Å². The number of benzene rings is 2. The van der Waals surface area contributed by atoms with E-state index in [1.807, 2.05) is 36.5 Å². The molecule has 0 saturated carbocycles. The van der Waals surface area contributed by atoms with Gasteiger partial charge >= 0.3 is 0 Å². The number of carbonyl (C=O) groups is 1. The summed E-state index contributed by atoms with van der Waals surface area (Å²) < 4.78 is 0. The molecule has 0 fully saturated rings. The van der Waals surface area contributed by atoms with Gasteiger partial charge in [0, 0.05) is 42.1 Å². The number of pyridine rings is 1. The van der Waals surface area contributed by atoms with Crippen molar-refractivity contribution >= 4 is 33.0 Å². The van der Waals surface area contributed by atoms with E-state index in [9.17, 15) is 4.79 Å². The first-order valence-electron chi connectivity index (χ1n) is 9.49. The number of fused-ring (bicyclic) bond motifs is 2. The van der Waals surface area contributed by atoms with E-state index >= 15 is 0 Å². The second-order valence-electron chi connectivity index (χ2n) is 7.56. The predicted molar refractivity (Wildman–Crippen MR) is 117 cm³/mol. The Labute approximate surface area is 172 Å². The zero-order chi connectivity index (χ0) is 20.0. The van der Waals surface area contributed by atoms with Gasteiger partial charge in [0.25, 0.3) is 0 Å². The molecule has 1 aliphatic heterocycles. The summed E-state index contributed by atoms with van der Waals surface area (Å²) in [6.07, 6.45) is 3.92. The molecule has 2 aromatic carbocycles. The number of nitrogens with zero attached hydrogens (tertiary/aromatic N) is 3. The molecule has 29 heavy (non-hydrogen) atoms. The van der Waals surface area contributed by atoms with Crippen molar-refractivity contribution in [1.29, 1.82) is 0 Å². The van der Waals surface area contributed by atoms with Gasteiger partial charge in [0.1, 0.15) is 0 Å². The maximum absolute atomic E-state index is 12.8. The molecule has 0 amide bonds. The highest BCUT2D eigenvalue weighted by Gasteiger charge is 2.18. The lowest BCUT2D eigenvalue weighted by molar-refractivity contribution is 0.0992. The molecule has 0 atom stereocenters. The number of anilines is 1. The molecule has 4 aromatic rings. The third kappa shape index (κ3) is 3.52. The van der Waals surface area contributed by atoms with Crippen LogP contribution in [0.4, 0.5) is 5.13 Å². The predicted octanol–water partition coefficient (Wildman–Crippen LogP) is 4.31. The van der Waals surface area contributed by atoms with E-state index < -0.39 is 0 Å². The van der Waals surface area contributed by atoms with Crippen molar-refractivity contribution in [2.45, 2.75) is 19.5 Å². The molecule has 0 aliphatic carbocycles. The summed E-state index contributed by atoms with van der Waals surface area (Å²) in [7, 11) is 2.09. The van der Waals surface area contributed by atoms with Crippen LogP contribution in [0.25, 0.3) is 21.2 Å².